The molecule has 138 valence electrons. The van der Waals surface area contributed by atoms with Crippen LogP contribution in [0, 0.1) is 5.92 Å². The number of aliphatic imine (C=N–C) groups is 1. The van der Waals surface area contributed by atoms with E-state index in [-0.39, 0.29) is 24.0 Å². The van der Waals surface area contributed by atoms with Crippen molar-refractivity contribution in [2.24, 2.45) is 10.9 Å². The quantitative estimate of drug-likeness (QED) is 0.251. The smallest absolute Gasteiger partial charge is 0.191 e. The molecule has 0 aromatic carbocycles. The minimum Gasteiger partial charge on any atom is -0.385 e. The lowest BCUT2D eigenvalue weighted by atomic mass is 9.83. The highest BCUT2D eigenvalue weighted by atomic mass is 127. The van der Waals surface area contributed by atoms with Crippen LogP contribution >= 0.6 is 24.0 Å². The fourth-order valence-electron chi connectivity index (χ4n) is 3.20. The molecule has 0 spiro atoms. The monoisotopic (exact) mass is 440 g/mol. The van der Waals surface area contributed by atoms with Gasteiger partial charge in [0.2, 0.25) is 0 Å². The predicted octanol–water partition coefficient (Wildman–Crippen LogP) is 2.71. The van der Waals surface area contributed by atoms with Crippen LogP contribution in [0.4, 0.5) is 0 Å². The Labute approximate surface area is 160 Å². The van der Waals surface area contributed by atoms with Crippen molar-refractivity contribution in [1.82, 2.24) is 15.5 Å². The van der Waals surface area contributed by atoms with Crippen molar-refractivity contribution < 1.29 is 4.74 Å². The zero-order chi connectivity index (χ0) is 16.2. The molecule has 1 aliphatic carbocycles. The first-order valence-corrected chi connectivity index (χ1v) is 8.86. The fourth-order valence-corrected chi connectivity index (χ4v) is 3.20. The first-order valence-electron chi connectivity index (χ1n) is 8.86. The van der Waals surface area contributed by atoms with Gasteiger partial charge in [0.25, 0.3) is 0 Å². The van der Waals surface area contributed by atoms with Crippen molar-refractivity contribution in [1.29, 1.82) is 0 Å². The van der Waals surface area contributed by atoms with Crippen molar-refractivity contribution >= 4 is 29.9 Å². The van der Waals surface area contributed by atoms with Gasteiger partial charge in [-0.25, -0.2) is 0 Å². The van der Waals surface area contributed by atoms with Crippen LogP contribution in [0.5, 0.6) is 0 Å². The number of ether oxygens (including phenoxy) is 1. The highest BCUT2D eigenvalue weighted by Gasteiger charge is 2.25. The molecule has 0 radical (unpaired) electrons. The van der Waals surface area contributed by atoms with E-state index in [4.69, 9.17) is 9.73 Å². The van der Waals surface area contributed by atoms with Gasteiger partial charge < -0.3 is 20.3 Å². The van der Waals surface area contributed by atoms with Gasteiger partial charge in [-0.15, -0.1) is 24.0 Å². The summed E-state index contributed by atoms with van der Waals surface area (Å²) in [7, 11) is 6.12. The highest BCUT2D eigenvalue weighted by molar-refractivity contribution is 14.0. The molecule has 0 aromatic heterocycles. The second kappa shape index (κ2) is 14.3. The van der Waals surface area contributed by atoms with E-state index in [1.54, 1.807) is 7.11 Å². The molecule has 0 aliphatic heterocycles. The molecule has 0 bridgehead atoms. The maximum atomic E-state index is 5.09. The third-order valence-corrected chi connectivity index (χ3v) is 4.46. The van der Waals surface area contributed by atoms with E-state index in [2.05, 4.69) is 36.6 Å². The Morgan fingerprint density at radius 1 is 1.22 bits per heavy atom. The lowest BCUT2D eigenvalue weighted by Gasteiger charge is -2.34. The van der Waals surface area contributed by atoms with Gasteiger partial charge in [-0.2, -0.15) is 0 Å². The Bertz CT molecular complexity index is 307. The van der Waals surface area contributed by atoms with Gasteiger partial charge in [0, 0.05) is 32.8 Å². The number of hydrogen-bond donors (Lipinski definition) is 2. The lowest BCUT2D eigenvalue weighted by Crippen LogP contribution is -2.42. The van der Waals surface area contributed by atoms with Crippen LogP contribution in [0.15, 0.2) is 4.99 Å². The van der Waals surface area contributed by atoms with Gasteiger partial charge in [-0.3, -0.25) is 4.99 Å². The Morgan fingerprint density at radius 2 is 1.91 bits per heavy atom. The zero-order valence-corrected chi connectivity index (χ0v) is 17.8. The van der Waals surface area contributed by atoms with Crippen molar-refractivity contribution in [3.63, 3.8) is 0 Å². The van der Waals surface area contributed by atoms with Gasteiger partial charge in [0.1, 0.15) is 0 Å². The number of nitrogens with zero attached hydrogens (tertiary/aromatic N) is 2. The molecule has 2 N–H and O–H groups in total. The third-order valence-electron chi connectivity index (χ3n) is 4.46. The van der Waals surface area contributed by atoms with E-state index in [1.807, 2.05) is 0 Å². The van der Waals surface area contributed by atoms with Crippen molar-refractivity contribution in [3.8, 4) is 0 Å². The molecule has 0 saturated heterocycles. The summed E-state index contributed by atoms with van der Waals surface area (Å²) in [6.07, 6.45) is 7.89. The average molecular weight is 440 g/mol. The molecular formula is C17H37IN4O. The summed E-state index contributed by atoms with van der Waals surface area (Å²) in [6, 6.07) is 0.551. The summed E-state index contributed by atoms with van der Waals surface area (Å²) in [5, 5.41) is 6.73. The fraction of sp³-hybridized carbons (Fsp3) is 0.941. The van der Waals surface area contributed by atoms with Gasteiger partial charge in [0.15, 0.2) is 5.96 Å². The molecule has 1 atom stereocenters. The van der Waals surface area contributed by atoms with Gasteiger partial charge in [0.05, 0.1) is 6.54 Å². The minimum absolute atomic E-state index is 0. The van der Waals surface area contributed by atoms with Gasteiger partial charge in [-0.1, -0.05) is 19.3 Å². The molecule has 0 amide bonds. The van der Waals surface area contributed by atoms with E-state index < -0.39 is 0 Å². The van der Waals surface area contributed by atoms with E-state index >= 15 is 0 Å². The van der Waals surface area contributed by atoms with Crippen LogP contribution in [-0.4, -0.2) is 64.3 Å². The van der Waals surface area contributed by atoms with Gasteiger partial charge in [-0.05, 0) is 46.2 Å². The molecule has 1 fully saturated rings. The van der Waals surface area contributed by atoms with Crippen LogP contribution in [0.3, 0.4) is 0 Å². The number of halogens is 1. The van der Waals surface area contributed by atoms with Crippen LogP contribution in [0.1, 0.15) is 45.4 Å². The maximum Gasteiger partial charge on any atom is 0.191 e. The molecule has 23 heavy (non-hydrogen) atoms. The van der Waals surface area contributed by atoms with E-state index in [9.17, 15) is 0 Å². The number of methoxy groups -OCH3 is 1. The normalized spacial score (nSPS) is 17.7. The van der Waals surface area contributed by atoms with E-state index in [1.165, 1.54) is 32.1 Å². The largest absolute Gasteiger partial charge is 0.385 e. The minimum atomic E-state index is 0. The van der Waals surface area contributed by atoms with E-state index in [0.29, 0.717) is 6.04 Å². The zero-order valence-electron chi connectivity index (χ0n) is 15.4. The van der Waals surface area contributed by atoms with Crippen LogP contribution in [0.25, 0.3) is 0 Å². The molecule has 5 nitrogen and oxygen atoms in total. The third kappa shape index (κ3) is 9.72. The maximum absolute atomic E-state index is 5.09. The standard InChI is InChI=1S/C17H36N4O.HI/c1-5-18-17(19-12-9-13-22-4)20-14-16(21(2)3)15-10-7-6-8-11-15;/h15-16H,5-14H2,1-4H3,(H2,18,19,20);1H. The number of nitrogens with one attached hydrogen (secondary N) is 2. The molecule has 1 rings (SSSR count). The first-order chi connectivity index (χ1) is 10.7. The Morgan fingerprint density at radius 3 is 2.48 bits per heavy atom. The van der Waals surface area contributed by atoms with Gasteiger partial charge >= 0.3 is 0 Å². The molecule has 1 aliphatic rings. The van der Waals surface area contributed by atoms with Crippen LogP contribution in [0.2, 0.25) is 0 Å². The molecule has 6 heteroatoms. The topological polar surface area (TPSA) is 48.9 Å². The van der Waals surface area contributed by atoms with Crippen molar-refractivity contribution in [2.45, 2.75) is 51.5 Å². The lowest BCUT2D eigenvalue weighted by molar-refractivity contribution is 0.176. The number of hydrogen-bond acceptors (Lipinski definition) is 3. The molecule has 0 heterocycles. The van der Waals surface area contributed by atoms with Crippen LogP contribution < -0.4 is 10.6 Å². The number of likely N-dealkylation sites (N-methyl/N-ethyl adjacent to an activating group) is 1. The summed E-state index contributed by atoms with van der Waals surface area (Å²) >= 11 is 0. The summed E-state index contributed by atoms with van der Waals surface area (Å²) < 4.78 is 5.09. The summed E-state index contributed by atoms with van der Waals surface area (Å²) in [6.45, 7) is 5.56. The number of rotatable bonds is 9. The second-order valence-corrected chi connectivity index (χ2v) is 6.42. The van der Waals surface area contributed by atoms with Crippen molar-refractivity contribution in [2.75, 3.05) is 47.4 Å². The molecule has 0 aromatic rings. The number of guanidine groups is 1. The Balaban J connectivity index is 0.00000484. The summed E-state index contributed by atoms with van der Waals surface area (Å²) in [5.74, 6) is 1.73. The predicted molar refractivity (Wildman–Crippen MR) is 110 cm³/mol. The van der Waals surface area contributed by atoms with Crippen LogP contribution in [-0.2, 0) is 4.74 Å². The molecule has 1 saturated carbocycles. The first kappa shape index (κ1) is 22.9. The average Bonchev–Trinajstić information content (AvgIpc) is 2.52. The molecule has 1 unspecified atom stereocenters. The molecular weight excluding hydrogens is 403 g/mol. The Kier molecular flexibility index (Phi) is 14.2. The van der Waals surface area contributed by atoms with Crippen molar-refractivity contribution in [3.05, 3.63) is 0 Å². The summed E-state index contributed by atoms with van der Waals surface area (Å²) in [4.78, 5) is 7.17. The SMILES string of the molecule is CCNC(=NCC(C1CCCCC1)N(C)C)NCCCOC.I. The Hall–Kier alpha value is -0.0800. The highest BCUT2D eigenvalue weighted by Crippen LogP contribution is 2.28. The second-order valence-electron chi connectivity index (χ2n) is 6.42. The summed E-state index contributed by atoms with van der Waals surface area (Å²) in [5.41, 5.74) is 0. The van der Waals surface area contributed by atoms with E-state index in [0.717, 1.165) is 44.5 Å².